The number of nitrogens with two attached hydrogens (primary N) is 1. The van der Waals surface area contributed by atoms with Crippen molar-refractivity contribution in [2.75, 3.05) is 6.54 Å². The van der Waals surface area contributed by atoms with Crippen LogP contribution in [-0.4, -0.2) is 17.4 Å². The molecule has 0 amide bonds. The Hall–Kier alpha value is -1.68. The SMILES string of the molecule is NC(=NCCc1cscn1)c1ccccc1. The van der Waals surface area contributed by atoms with Crippen molar-refractivity contribution in [2.45, 2.75) is 6.42 Å². The van der Waals surface area contributed by atoms with E-state index in [1.807, 2.05) is 41.2 Å². The first-order chi connectivity index (χ1) is 7.86. The molecule has 1 heterocycles. The first-order valence-corrected chi connectivity index (χ1v) is 6.03. The van der Waals surface area contributed by atoms with Gasteiger partial charge in [0.25, 0.3) is 0 Å². The third-order valence-electron chi connectivity index (χ3n) is 2.20. The maximum Gasteiger partial charge on any atom is 0.125 e. The molecular weight excluding hydrogens is 218 g/mol. The monoisotopic (exact) mass is 231 g/mol. The molecule has 0 unspecified atom stereocenters. The fraction of sp³-hybridized carbons (Fsp3) is 0.167. The molecule has 3 nitrogen and oxygen atoms in total. The summed E-state index contributed by atoms with van der Waals surface area (Å²) in [5.74, 6) is 0.593. The molecule has 2 aromatic rings. The largest absolute Gasteiger partial charge is 0.384 e. The molecule has 0 aliphatic heterocycles. The predicted molar refractivity (Wildman–Crippen MR) is 67.9 cm³/mol. The second-order valence-electron chi connectivity index (χ2n) is 3.36. The van der Waals surface area contributed by atoms with E-state index in [0.29, 0.717) is 12.4 Å². The Morgan fingerprint density at radius 2 is 2.12 bits per heavy atom. The van der Waals surface area contributed by atoms with Gasteiger partial charge in [0, 0.05) is 23.9 Å². The fourth-order valence-electron chi connectivity index (χ4n) is 1.35. The topological polar surface area (TPSA) is 51.3 Å². The van der Waals surface area contributed by atoms with Crippen LogP contribution in [0.15, 0.2) is 46.2 Å². The lowest BCUT2D eigenvalue weighted by Gasteiger charge is -1.99. The third-order valence-corrected chi connectivity index (χ3v) is 2.84. The molecule has 2 rings (SSSR count). The zero-order valence-electron chi connectivity index (χ0n) is 8.84. The van der Waals surface area contributed by atoms with Gasteiger partial charge in [-0.1, -0.05) is 30.3 Å². The molecule has 0 aliphatic rings. The Kier molecular flexibility index (Phi) is 3.66. The van der Waals surface area contributed by atoms with E-state index in [1.54, 1.807) is 11.3 Å². The maximum atomic E-state index is 5.87. The van der Waals surface area contributed by atoms with Crippen molar-refractivity contribution in [3.05, 3.63) is 52.5 Å². The van der Waals surface area contributed by atoms with Crippen molar-refractivity contribution < 1.29 is 0 Å². The molecule has 0 bridgehead atoms. The van der Waals surface area contributed by atoms with E-state index in [0.717, 1.165) is 17.7 Å². The van der Waals surface area contributed by atoms with Crippen LogP contribution in [0.25, 0.3) is 0 Å². The molecule has 0 atom stereocenters. The molecule has 0 radical (unpaired) electrons. The number of hydrogen-bond acceptors (Lipinski definition) is 3. The van der Waals surface area contributed by atoms with Gasteiger partial charge in [-0.2, -0.15) is 0 Å². The summed E-state index contributed by atoms with van der Waals surface area (Å²) in [5, 5.41) is 2.04. The van der Waals surface area contributed by atoms with Gasteiger partial charge >= 0.3 is 0 Å². The number of thiazole rings is 1. The lowest BCUT2D eigenvalue weighted by atomic mass is 10.2. The summed E-state index contributed by atoms with van der Waals surface area (Å²) in [4.78, 5) is 8.52. The number of nitrogens with zero attached hydrogens (tertiary/aromatic N) is 2. The smallest absolute Gasteiger partial charge is 0.125 e. The highest BCUT2D eigenvalue weighted by molar-refractivity contribution is 7.07. The number of aromatic nitrogens is 1. The third kappa shape index (κ3) is 2.90. The first-order valence-electron chi connectivity index (χ1n) is 5.08. The van der Waals surface area contributed by atoms with Crippen LogP contribution in [0.2, 0.25) is 0 Å². The van der Waals surface area contributed by atoms with Crippen molar-refractivity contribution in [3.8, 4) is 0 Å². The van der Waals surface area contributed by atoms with Gasteiger partial charge in [0.2, 0.25) is 0 Å². The highest BCUT2D eigenvalue weighted by Gasteiger charge is 1.97. The summed E-state index contributed by atoms with van der Waals surface area (Å²) in [6, 6.07) is 9.80. The Morgan fingerprint density at radius 3 is 2.81 bits per heavy atom. The predicted octanol–water partition coefficient (Wildman–Crippen LogP) is 2.09. The van der Waals surface area contributed by atoms with Gasteiger partial charge in [-0.05, 0) is 0 Å². The van der Waals surface area contributed by atoms with Gasteiger partial charge in [0.1, 0.15) is 5.84 Å². The summed E-state index contributed by atoms with van der Waals surface area (Å²) in [7, 11) is 0. The lowest BCUT2D eigenvalue weighted by molar-refractivity contribution is 0.933. The van der Waals surface area contributed by atoms with Gasteiger partial charge in [0.05, 0.1) is 11.2 Å². The molecule has 2 N–H and O–H groups in total. The first kappa shape index (κ1) is 10.8. The molecule has 0 spiro atoms. The quantitative estimate of drug-likeness (QED) is 0.647. The van der Waals surface area contributed by atoms with E-state index < -0.39 is 0 Å². The molecule has 0 aliphatic carbocycles. The zero-order chi connectivity index (χ0) is 11.2. The van der Waals surface area contributed by atoms with E-state index in [2.05, 4.69) is 9.98 Å². The van der Waals surface area contributed by atoms with E-state index >= 15 is 0 Å². The Balaban J connectivity index is 1.93. The van der Waals surface area contributed by atoms with Crippen LogP contribution >= 0.6 is 11.3 Å². The number of amidine groups is 1. The normalized spacial score (nSPS) is 11.6. The minimum atomic E-state index is 0.593. The van der Waals surface area contributed by atoms with E-state index in [9.17, 15) is 0 Å². The van der Waals surface area contributed by atoms with Crippen LogP contribution in [-0.2, 0) is 6.42 Å². The summed E-state index contributed by atoms with van der Waals surface area (Å²) < 4.78 is 0. The molecule has 0 saturated carbocycles. The average molecular weight is 231 g/mol. The van der Waals surface area contributed by atoms with Crippen LogP contribution in [0, 0.1) is 0 Å². The molecule has 4 heteroatoms. The molecule has 0 saturated heterocycles. The zero-order valence-corrected chi connectivity index (χ0v) is 9.65. The standard InChI is InChI=1S/C12H13N3S/c13-12(10-4-2-1-3-5-10)14-7-6-11-8-16-9-15-11/h1-5,8-9H,6-7H2,(H2,13,14). The fourth-order valence-corrected chi connectivity index (χ4v) is 1.95. The second kappa shape index (κ2) is 5.42. The van der Waals surface area contributed by atoms with Crippen LogP contribution < -0.4 is 5.73 Å². The number of rotatable bonds is 4. The van der Waals surface area contributed by atoms with E-state index in [4.69, 9.17) is 5.73 Å². The Morgan fingerprint density at radius 1 is 1.31 bits per heavy atom. The van der Waals surface area contributed by atoms with Crippen LogP contribution in [0.4, 0.5) is 0 Å². The minimum Gasteiger partial charge on any atom is -0.384 e. The number of benzene rings is 1. The molecule has 1 aromatic heterocycles. The molecule has 82 valence electrons. The van der Waals surface area contributed by atoms with E-state index in [1.165, 1.54) is 0 Å². The van der Waals surface area contributed by atoms with Crippen LogP contribution in [0.3, 0.4) is 0 Å². The van der Waals surface area contributed by atoms with Crippen LogP contribution in [0.1, 0.15) is 11.3 Å². The highest BCUT2D eigenvalue weighted by atomic mass is 32.1. The van der Waals surface area contributed by atoms with Crippen molar-refractivity contribution in [2.24, 2.45) is 10.7 Å². The minimum absolute atomic E-state index is 0.593. The average Bonchev–Trinajstić information content (AvgIpc) is 2.83. The number of hydrogen-bond donors (Lipinski definition) is 1. The summed E-state index contributed by atoms with van der Waals surface area (Å²) in [6.45, 7) is 0.685. The maximum absolute atomic E-state index is 5.87. The number of aliphatic imine (C=N–C) groups is 1. The van der Waals surface area contributed by atoms with Gasteiger partial charge < -0.3 is 5.73 Å². The highest BCUT2D eigenvalue weighted by Crippen LogP contribution is 2.02. The summed E-state index contributed by atoms with van der Waals surface area (Å²) in [6.07, 6.45) is 0.844. The van der Waals surface area contributed by atoms with Crippen molar-refractivity contribution in [3.63, 3.8) is 0 Å². The van der Waals surface area contributed by atoms with Crippen molar-refractivity contribution in [1.82, 2.24) is 4.98 Å². The Labute approximate surface area is 98.7 Å². The van der Waals surface area contributed by atoms with Gasteiger partial charge in [0.15, 0.2) is 0 Å². The molecule has 1 aromatic carbocycles. The lowest BCUT2D eigenvalue weighted by Crippen LogP contribution is -2.14. The molecule has 16 heavy (non-hydrogen) atoms. The van der Waals surface area contributed by atoms with Crippen molar-refractivity contribution >= 4 is 17.2 Å². The van der Waals surface area contributed by atoms with Gasteiger partial charge in [-0.3, -0.25) is 4.99 Å². The molecular formula is C12H13N3S. The van der Waals surface area contributed by atoms with E-state index in [-0.39, 0.29) is 0 Å². The summed E-state index contributed by atoms with van der Waals surface area (Å²) >= 11 is 1.60. The second-order valence-corrected chi connectivity index (χ2v) is 4.08. The molecule has 0 fully saturated rings. The van der Waals surface area contributed by atoms with Crippen LogP contribution in [0.5, 0.6) is 0 Å². The Bertz CT molecular complexity index is 448. The summed E-state index contributed by atoms with van der Waals surface area (Å²) in [5.41, 5.74) is 9.75. The van der Waals surface area contributed by atoms with Gasteiger partial charge in [-0.15, -0.1) is 11.3 Å². The van der Waals surface area contributed by atoms with Gasteiger partial charge in [-0.25, -0.2) is 4.98 Å². The van der Waals surface area contributed by atoms with Crippen molar-refractivity contribution in [1.29, 1.82) is 0 Å².